The van der Waals surface area contributed by atoms with Crippen LogP contribution in [0.25, 0.3) is 11.6 Å². The molecule has 2 fully saturated rings. The molecule has 2 aromatic rings. The topological polar surface area (TPSA) is 9.23 Å². The van der Waals surface area contributed by atoms with Crippen molar-refractivity contribution in [1.82, 2.24) is 0 Å². The monoisotopic (exact) mass is 276 g/mol. The third-order valence-electron chi connectivity index (χ3n) is 4.68. The lowest BCUT2D eigenvalue weighted by molar-refractivity contribution is 0.0775. The van der Waals surface area contributed by atoms with Gasteiger partial charge in [0.1, 0.15) is 0 Å². The fourth-order valence-electron chi connectivity index (χ4n) is 3.59. The van der Waals surface area contributed by atoms with Gasteiger partial charge in [-0.05, 0) is 35.5 Å². The first kappa shape index (κ1) is 12.8. The molecule has 0 spiro atoms. The standard InChI is InChI=1S/C20H20O/c1-3-8-15(9-4-1)14-18(16-10-5-2-6-11-16)19-17-12-7-13-21-20(17)19/h1-6,8-11,14,17,19-20H,7,12-13H2/t17-,19?,20-/m0/s1. The van der Waals surface area contributed by atoms with Gasteiger partial charge in [-0.2, -0.15) is 0 Å². The molecule has 0 N–H and O–H groups in total. The molecule has 1 unspecified atom stereocenters. The van der Waals surface area contributed by atoms with Gasteiger partial charge in [0.05, 0.1) is 6.10 Å². The van der Waals surface area contributed by atoms with Gasteiger partial charge in [-0.15, -0.1) is 0 Å². The largest absolute Gasteiger partial charge is 0.377 e. The zero-order valence-corrected chi connectivity index (χ0v) is 12.1. The molecule has 0 aromatic heterocycles. The van der Waals surface area contributed by atoms with Crippen molar-refractivity contribution in [2.24, 2.45) is 11.8 Å². The van der Waals surface area contributed by atoms with E-state index >= 15 is 0 Å². The van der Waals surface area contributed by atoms with Gasteiger partial charge in [0, 0.05) is 12.5 Å². The van der Waals surface area contributed by atoms with Crippen LogP contribution >= 0.6 is 0 Å². The molecule has 0 radical (unpaired) electrons. The molecule has 1 heterocycles. The molecule has 0 bridgehead atoms. The van der Waals surface area contributed by atoms with Crippen molar-refractivity contribution in [1.29, 1.82) is 0 Å². The maximum atomic E-state index is 5.96. The van der Waals surface area contributed by atoms with Gasteiger partial charge in [-0.25, -0.2) is 0 Å². The average Bonchev–Trinajstić information content (AvgIpc) is 3.29. The quantitative estimate of drug-likeness (QED) is 0.741. The van der Waals surface area contributed by atoms with E-state index in [-0.39, 0.29) is 0 Å². The number of hydrogen-bond donors (Lipinski definition) is 0. The highest BCUT2D eigenvalue weighted by Crippen LogP contribution is 2.55. The Labute approximate surface area is 126 Å². The first-order chi connectivity index (χ1) is 10.4. The molecular weight excluding hydrogens is 256 g/mol. The molecule has 1 heteroatoms. The Balaban J connectivity index is 1.72. The summed E-state index contributed by atoms with van der Waals surface area (Å²) in [6, 6.07) is 21.4. The van der Waals surface area contributed by atoms with Crippen molar-refractivity contribution < 1.29 is 4.74 Å². The van der Waals surface area contributed by atoms with Crippen LogP contribution in [-0.4, -0.2) is 12.7 Å². The maximum absolute atomic E-state index is 5.96. The van der Waals surface area contributed by atoms with Gasteiger partial charge in [0.15, 0.2) is 0 Å². The third-order valence-corrected chi connectivity index (χ3v) is 4.68. The fraction of sp³-hybridized carbons (Fsp3) is 0.300. The lowest BCUT2D eigenvalue weighted by atomic mass is 9.96. The first-order valence-electron chi connectivity index (χ1n) is 7.87. The molecule has 1 aliphatic heterocycles. The van der Waals surface area contributed by atoms with Gasteiger partial charge >= 0.3 is 0 Å². The minimum absolute atomic E-state index is 0.453. The molecule has 1 saturated heterocycles. The van der Waals surface area contributed by atoms with Crippen LogP contribution in [0.5, 0.6) is 0 Å². The zero-order valence-electron chi connectivity index (χ0n) is 12.1. The van der Waals surface area contributed by atoms with Gasteiger partial charge < -0.3 is 4.74 Å². The highest BCUT2D eigenvalue weighted by atomic mass is 16.5. The fourth-order valence-corrected chi connectivity index (χ4v) is 3.59. The number of fused-ring (bicyclic) bond motifs is 1. The molecule has 0 amide bonds. The van der Waals surface area contributed by atoms with E-state index in [0.717, 1.165) is 12.5 Å². The molecule has 1 nitrogen and oxygen atoms in total. The summed E-state index contributed by atoms with van der Waals surface area (Å²) >= 11 is 0. The van der Waals surface area contributed by atoms with Crippen molar-refractivity contribution in [3.8, 4) is 0 Å². The van der Waals surface area contributed by atoms with Crippen LogP contribution in [0.4, 0.5) is 0 Å². The first-order valence-corrected chi connectivity index (χ1v) is 7.87. The van der Waals surface area contributed by atoms with Crippen LogP contribution in [0.3, 0.4) is 0 Å². The lowest BCUT2D eigenvalue weighted by Crippen LogP contribution is -2.06. The summed E-state index contributed by atoms with van der Waals surface area (Å²) in [5.41, 5.74) is 4.06. The summed E-state index contributed by atoms with van der Waals surface area (Å²) in [6.45, 7) is 0.936. The maximum Gasteiger partial charge on any atom is 0.0682 e. The summed E-state index contributed by atoms with van der Waals surface area (Å²) in [5, 5.41) is 0. The van der Waals surface area contributed by atoms with Gasteiger partial charge in [-0.1, -0.05) is 66.7 Å². The van der Waals surface area contributed by atoms with Gasteiger partial charge in [-0.3, -0.25) is 0 Å². The minimum atomic E-state index is 0.453. The molecule has 21 heavy (non-hydrogen) atoms. The molecule has 2 aliphatic rings. The highest BCUT2D eigenvalue weighted by Gasteiger charge is 2.54. The summed E-state index contributed by atoms with van der Waals surface area (Å²) in [5.74, 6) is 1.31. The SMILES string of the molecule is C(=C(c1ccccc1)C1[C@H]2OCCC[C@@H]12)c1ccccc1. The number of benzene rings is 2. The minimum Gasteiger partial charge on any atom is -0.377 e. The molecular formula is C20H20O. The van der Waals surface area contributed by atoms with Crippen molar-refractivity contribution in [2.45, 2.75) is 18.9 Å². The molecule has 2 aromatic carbocycles. The van der Waals surface area contributed by atoms with Gasteiger partial charge in [0.25, 0.3) is 0 Å². The second kappa shape index (κ2) is 5.50. The van der Waals surface area contributed by atoms with Crippen LogP contribution in [0.1, 0.15) is 24.0 Å². The number of ether oxygens (including phenoxy) is 1. The average molecular weight is 276 g/mol. The molecule has 106 valence electrons. The normalized spacial score (nSPS) is 28.0. The number of rotatable bonds is 3. The van der Waals surface area contributed by atoms with Crippen LogP contribution in [0.15, 0.2) is 60.7 Å². The Morgan fingerprint density at radius 3 is 2.33 bits per heavy atom. The van der Waals surface area contributed by atoms with E-state index in [1.54, 1.807) is 0 Å². The van der Waals surface area contributed by atoms with E-state index in [1.807, 2.05) is 0 Å². The molecule has 4 rings (SSSR count). The van der Waals surface area contributed by atoms with Crippen LogP contribution in [0, 0.1) is 11.8 Å². The van der Waals surface area contributed by atoms with Crippen LogP contribution in [-0.2, 0) is 4.74 Å². The second-order valence-electron chi connectivity index (χ2n) is 6.04. The van der Waals surface area contributed by atoms with E-state index in [2.05, 4.69) is 66.7 Å². The van der Waals surface area contributed by atoms with E-state index < -0.39 is 0 Å². The summed E-state index contributed by atoms with van der Waals surface area (Å²) < 4.78 is 5.96. The predicted molar refractivity (Wildman–Crippen MR) is 86.7 cm³/mol. The van der Waals surface area contributed by atoms with Crippen LogP contribution < -0.4 is 0 Å². The summed E-state index contributed by atoms with van der Waals surface area (Å²) in [7, 11) is 0. The van der Waals surface area contributed by atoms with E-state index in [4.69, 9.17) is 4.74 Å². The van der Waals surface area contributed by atoms with Crippen molar-refractivity contribution in [2.75, 3.05) is 6.61 Å². The predicted octanol–water partition coefficient (Wildman–Crippen LogP) is 4.65. The Hall–Kier alpha value is -1.86. The summed E-state index contributed by atoms with van der Waals surface area (Å²) in [6.07, 6.45) is 5.33. The zero-order chi connectivity index (χ0) is 14.1. The third kappa shape index (κ3) is 2.54. The van der Waals surface area contributed by atoms with Crippen LogP contribution in [0.2, 0.25) is 0 Å². The van der Waals surface area contributed by atoms with Crippen molar-refractivity contribution in [3.05, 3.63) is 71.8 Å². The highest BCUT2D eigenvalue weighted by molar-refractivity contribution is 5.84. The second-order valence-corrected chi connectivity index (χ2v) is 6.04. The lowest BCUT2D eigenvalue weighted by Gasteiger charge is -2.08. The Kier molecular flexibility index (Phi) is 3.36. The summed E-state index contributed by atoms with van der Waals surface area (Å²) in [4.78, 5) is 0. The molecule has 1 aliphatic carbocycles. The Bertz CT molecular complexity index is 617. The molecule has 3 atom stereocenters. The van der Waals surface area contributed by atoms with Crippen molar-refractivity contribution >= 4 is 11.6 Å². The smallest absolute Gasteiger partial charge is 0.0682 e. The van der Waals surface area contributed by atoms with E-state index in [9.17, 15) is 0 Å². The van der Waals surface area contributed by atoms with E-state index in [0.29, 0.717) is 12.0 Å². The Morgan fingerprint density at radius 1 is 0.952 bits per heavy atom. The van der Waals surface area contributed by atoms with E-state index in [1.165, 1.54) is 29.5 Å². The Morgan fingerprint density at radius 2 is 1.67 bits per heavy atom. The van der Waals surface area contributed by atoms with Crippen molar-refractivity contribution in [3.63, 3.8) is 0 Å². The molecule has 1 saturated carbocycles. The van der Waals surface area contributed by atoms with Gasteiger partial charge in [0.2, 0.25) is 0 Å². The number of hydrogen-bond acceptors (Lipinski definition) is 1.